The SMILES string of the molecule is CN(C)c1nc(N2CCCCC2)nc2ccccc12. The predicted molar refractivity (Wildman–Crippen MR) is 79.9 cm³/mol. The van der Waals surface area contributed by atoms with Crippen LogP contribution in [-0.2, 0) is 0 Å². The minimum absolute atomic E-state index is 0.877. The monoisotopic (exact) mass is 256 g/mol. The summed E-state index contributed by atoms with van der Waals surface area (Å²) in [6, 6.07) is 8.23. The first-order valence-electron chi connectivity index (χ1n) is 6.95. The molecule has 1 aromatic heterocycles. The van der Waals surface area contributed by atoms with Crippen LogP contribution in [0, 0.1) is 0 Å². The average Bonchev–Trinajstić information content (AvgIpc) is 2.47. The van der Waals surface area contributed by atoms with Gasteiger partial charge in [-0.2, -0.15) is 4.98 Å². The van der Waals surface area contributed by atoms with E-state index in [1.54, 1.807) is 0 Å². The van der Waals surface area contributed by atoms with Crippen LogP contribution in [0.15, 0.2) is 24.3 Å². The number of rotatable bonds is 2. The van der Waals surface area contributed by atoms with Crippen LogP contribution in [0.4, 0.5) is 11.8 Å². The smallest absolute Gasteiger partial charge is 0.227 e. The largest absolute Gasteiger partial charge is 0.362 e. The van der Waals surface area contributed by atoms with Gasteiger partial charge in [0.1, 0.15) is 5.82 Å². The van der Waals surface area contributed by atoms with Crippen LogP contribution in [0.3, 0.4) is 0 Å². The van der Waals surface area contributed by atoms with Gasteiger partial charge in [-0.05, 0) is 31.4 Å². The third kappa shape index (κ3) is 2.35. The van der Waals surface area contributed by atoms with E-state index in [0.717, 1.165) is 35.8 Å². The number of benzene rings is 1. The summed E-state index contributed by atoms with van der Waals surface area (Å²) in [6.45, 7) is 2.15. The van der Waals surface area contributed by atoms with Crippen molar-refractivity contribution in [3.05, 3.63) is 24.3 Å². The quantitative estimate of drug-likeness (QED) is 0.827. The molecule has 2 aromatic rings. The van der Waals surface area contributed by atoms with Crippen molar-refractivity contribution >= 4 is 22.7 Å². The van der Waals surface area contributed by atoms with Crippen molar-refractivity contribution in [1.82, 2.24) is 9.97 Å². The van der Waals surface area contributed by atoms with Crippen LogP contribution >= 0.6 is 0 Å². The first-order chi connectivity index (χ1) is 9.25. The second-order valence-electron chi connectivity index (χ2n) is 5.31. The maximum Gasteiger partial charge on any atom is 0.227 e. The van der Waals surface area contributed by atoms with E-state index in [9.17, 15) is 0 Å². The lowest BCUT2D eigenvalue weighted by atomic mass is 10.1. The van der Waals surface area contributed by atoms with Crippen molar-refractivity contribution in [3.63, 3.8) is 0 Å². The number of nitrogens with zero attached hydrogens (tertiary/aromatic N) is 4. The van der Waals surface area contributed by atoms with Gasteiger partial charge in [0, 0.05) is 32.6 Å². The minimum atomic E-state index is 0.877. The van der Waals surface area contributed by atoms with Crippen LogP contribution in [0.1, 0.15) is 19.3 Å². The molecule has 19 heavy (non-hydrogen) atoms. The Morgan fingerprint density at radius 3 is 2.47 bits per heavy atom. The van der Waals surface area contributed by atoms with Gasteiger partial charge in [0.25, 0.3) is 0 Å². The summed E-state index contributed by atoms with van der Waals surface area (Å²) in [5.41, 5.74) is 1.03. The van der Waals surface area contributed by atoms with Crippen molar-refractivity contribution in [2.45, 2.75) is 19.3 Å². The highest BCUT2D eigenvalue weighted by Crippen LogP contribution is 2.26. The molecule has 1 saturated heterocycles. The number of piperidine rings is 1. The number of aromatic nitrogens is 2. The van der Waals surface area contributed by atoms with Crippen LogP contribution in [0.5, 0.6) is 0 Å². The van der Waals surface area contributed by atoms with Gasteiger partial charge in [-0.25, -0.2) is 4.98 Å². The van der Waals surface area contributed by atoms with E-state index in [4.69, 9.17) is 9.97 Å². The zero-order chi connectivity index (χ0) is 13.2. The zero-order valence-electron chi connectivity index (χ0n) is 11.6. The Labute approximate surface area is 114 Å². The topological polar surface area (TPSA) is 32.3 Å². The molecule has 0 spiro atoms. The van der Waals surface area contributed by atoms with Gasteiger partial charge in [0.05, 0.1) is 5.52 Å². The summed E-state index contributed by atoms with van der Waals surface area (Å²) < 4.78 is 0. The molecule has 2 heterocycles. The van der Waals surface area contributed by atoms with Gasteiger partial charge in [0.2, 0.25) is 5.95 Å². The highest BCUT2D eigenvalue weighted by molar-refractivity contribution is 5.90. The molecule has 100 valence electrons. The first kappa shape index (κ1) is 12.2. The molecule has 0 atom stereocenters. The predicted octanol–water partition coefficient (Wildman–Crippen LogP) is 2.69. The van der Waals surface area contributed by atoms with Gasteiger partial charge in [-0.15, -0.1) is 0 Å². The molecule has 1 aromatic carbocycles. The molecule has 3 rings (SSSR count). The van der Waals surface area contributed by atoms with E-state index in [-0.39, 0.29) is 0 Å². The number of hydrogen-bond acceptors (Lipinski definition) is 4. The first-order valence-corrected chi connectivity index (χ1v) is 6.95. The number of para-hydroxylation sites is 1. The summed E-state index contributed by atoms with van der Waals surface area (Å²) in [5, 5.41) is 1.12. The minimum Gasteiger partial charge on any atom is -0.362 e. The van der Waals surface area contributed by atoms with Crippen molar-refractivity contribution in [2.24, 2.45) is 0 Å². The Balaban J connectivity index is 2.10. The lowest BCUT2D eigenvalue weighted by Crippen LogP contribution is -2.31. The molecular formula is C15H20N4. The second kappa shape index (κ2) is 5.03. The molecule has 0 amide bonds. The van der Waals surface area contributed by atoms with E-state index in [2.05, 4.69) is 21.9 Å². The normalized spacial score (nSPS) is 15.8. The molecule has 0 radical (unpaired) electrons. The molecule has 1 fully saturated rings. The van der Waals surface area contributed by atoms with E-state index in [1.165, 1.54) is 19.3 Å². The van der Waals surface area contributed by atoms with Crippen molar-refractivity contribution in [1.29, 1.82) is 0 Å². The number of hydrogen-bond donors (Lipinski definition) is 0. The summed E-state index contributed by atoms with van der Waals surface area (Å²) in [6.07, 6.45) is 3.81. The summed E-state index contributed by atoms with van der Waals surface area (Å²) in [7, 11) is 4.07. The van der Waals surface area contributed by atoms with Gasteiger partial charge in [-0.1, -0.05) is 12.1 Å². The van der Waals surface area contributed by atoms with Gasteiger partial charge in [-0.3, -0.25) is 0 Å². The summed E-state index contributed by atoms with van der Waals surface area (Å²) >= 11 is 0. The third-order valence-corrected chi connectivity index (χ3v) is 3.63. The Hall–Kier alpha value is -1.84. The lowest BCUT2D eigenvalue weighted by Gasteiger charge is -2.27. The Bertz CT molecular complexity index is 573. The Morgan fingerprint density at radius 2 is 1.74 bits per heavy atom. The molecule has 1 aliphatic rings. The molecule has 1 aliphatic heterocycles. The molecule has 0 bridgehead atoms. The fourth-order valence-corrected chi connectivity index (χ4v) is 2.62. The fraction of sp³-hybridized carbons (Fsp3) is 0.467. The van der Waals surface area contributed by atoms with Crippen molar-refractivity contribution in [3.8, 4) is 0 Å². The van der Waals surface area contributed by atoms with Crippen LogP contribution in [-0.4, -0.2) is 37.2 Å². The Kier molecular flexibility index (Phi) is 3.23. The van der Waals surface area contributed by atoms with Crippen LogP contribution in [0.2, 0.25) is 0 Å². The van der Waals surface area contributed by atoms with Crippen molar-refractivity contribution < 1.29 is 0 Å². The van der Waals surface area contributed by atoms with E-state index >= 15 is 0 Å². The molecule has 0 aliphatic carbocycles. The summed E-state index contributed by atoms with van der Waals surface area (Å²) in [4.78, 5) is 13.9. The fourth-order valence-electron chi connectivity index (χ4n) is 2.62. The van der Waals surface area contributed by atoms with E-state index < -0.39 is 0 Å². The van der Waals surface area contributed by atoms with Gasteiger partial charge >= 0.3 is 0 Å². The van der Waals surface area contributed by atoms with Gasteiger partial charge in [0.15, 0.2) is 0 Å². The molecule has 4 nitrogen and oxygen atoms in total. The molecular weight excluding hydrogens is 236 g/mol. The highest BCUT2D eigenvalue weighted by Gasteiger charge is 2.16. The zero-order valence-corrected chi connectivity index (χ0v) is 11.6. The summed E-state index contributed by atoms with van der Waals surface area (Å²) in [5.74, 6) is 1.88. The molecule has 0 saturated carbocycles. The maximum atomic E-state index is 4.76. The Morgan fingerprint density at radius 1 is 1.00 bits per heavy atom. The van der Waals surface area contributed by atoms with Gasteiger partial charge < -0.3 is 9.80 Å². The molecule has 0 N–H and O–H groups in total. The average molecular weight is 256 g/mol. The number of fused-ring (bicyclic) bond motifs is 1. The maximum absolute atomic E-state index is 4.76. The van der Waals surface area contributed by atoms with E-state index in [1.807, 2.05) is 26.2 Å². The second-order valence-corrected chi connectivity index (χ2v) is 5.31. The highest BCUT2D eigenvalue weighted by atomic mass is 15.3. The molecule has 0 unspecified atom stereocenters. The third-order valence-electron chi connectivity index (χ3n) is 3.63. The lowest BCUT2D eigenvalue weighted by molar-refractivity contribution is 0.569. The van der Waals surface area contributed by atoms with Crippen molar-refractivity contribution in [2.75, 3.05) is 37.0 Å². The van der Waals surface area contributed by atoms with E-state index in [0.29, 0.717) is 0 Å². The van der Waals surface area contributed by atoms with Crippen LogP contribution < -0.4 is 9.80 Å². The standard InChI is InChI=1S/C15H20N4/c1-18(2)14-12-8-4-5-9-13(12)16-15(17-14)19-10-6-3-7-11-19/h4-5,8-9H,3,6-7,10-11H2,1-2H3. The number of anilines is 2. The molecule has 4 heteroatoms. The van der Waals surface area contributed by atoms with Crippen LogP contribution in [0.25, 0.3) is 10.9 Å².